The zero-order chi connectivity index (χ0) is 15.8. The van der Waals surface area contributed by atoms with Crippen molar-refractivity contribution < 1.29 is 22.7 Å². The fourth-order valence-electron chi connectivity index (χ4n) is 1.97. The molecule has 0 aliphatic rings. The maximum Gasteiger partial charge on any atom is 0.490 e. The quantitative estimate of drug-likeness (QED) is 0.451. The molecule has 0 heterocycles. The molecular formula is C15H27F3O2. The van der Waals surface area contributed by atoms with Crippen LogP contribution in [0.5, 0.6) is 0 Å². The summed E-state index contributed by atoms with van der Waals surface area (Å²) in [4.78, 5) is 10.9. The van der Waals surface area contributed by atoms with E-state index < -0.39 is 23.7 Å². The maximum atomic E-state index is 12.3. The first-order valence-corrected chi connectivity index (χ1v) is 7.36. The van der Waals surface area contributed by atoms with Gasteiger partial charge in [-0.1, -0.05) is 59.8 Å². The standard InChI is InChI=1S/C15H27F3O2/c1-5-6-7-8-9-10-11-12(14(2,3)4)20-13(19)15(16,17)18/h12H,5-11H2,1-4H3. The number of esters is 1. The Morgan fingerprint density at radius 2 is 1.50 bits per heavy atom. The first-order chi connectivity index (χ1) is 9.09. The van der Waals surface area contributed by atoms with E-state index in [1.807, 2.05) is 0 Å². The van der Waals surface area contributed by atoms with Crippen LogP contribution in [0.15, 0.2) is 0 Å². The Hall–Kier alpha value is -0.740. The molecule has 0 bridgehead atoms. The first-order valence-electron chi connectivity index (χ1n) is 7.36. The molecule has 0 radical (unpaired) electrons. The SMILES string of the molecule is CCCCCCCCC(OC(=O)C(F)(F)F)C(C)(C)C. The third-order valence-corrected chi connectivity index (χ3v) is 3.27. The van der Waals surface area contributed by atoms with Crippen LogP contribution >= 0.6 is 0 Å². The predicted molar refractivity (Wildman–Crippen MR) is 73.4 cm³/mol. The monoisotopic (exact) mass is 296 g/mol. The highest BCUT2D eigenvalue weighted by molar-refractivity contribution is 5.75. The molecule has 1 unspecified atom stereocenters. The normalized spacial score (nSPS) is 14.2. The molecule has 0 N–H and O–H groups in total. The Morgan fingerprint density at radius 3 is 1.95 bits per heavy atom. The summed E-state index contributed by atoms with van der Waals surface area (Å²) >= 11 is 0. The third-order valence-electron chi connectivity index (χ3n) is 3.27. The van der Waals surface area contributed by atoms with E-state index in [1.54, 1.807) is 20.8 Å². The lowest BCUT2D eigenvalue weighted by molar-refractivity contribution is -0.209. The van der Waals surface area contributed by atoms with Gasteiger partial charge in [-0.05, 0) is 18.3 Å². The minimum Gasteiger partial charge on any atom is -0.455 e. The van der Waals surface area contributed by atoms with Crippen molar-refractivity contribution in [3.63, 3.8) is 0 Å². The summed E-state index contributed by atoms with van der Waals surface area (Å²) in [5.41, 5.74) is -0.482. The van der Waals surface area contributed by atoms with Crippen molar-refractivity contribution in [3.05, 3.63) is 0 Å². The number of ether oxygens (including phenoxy) is 1. The molecule has 0 amide bonds. The molecule has 0 saturated heterocycles. The molecular weight excluding hydrogens is 269 g/mol. The summed E-state index contributed by atoms with van der Waals surface area (Å²) in [6.07, 6.45) is 1.22. The van der Waals surface area contributed by atoms with Crippen LogP contribution < -0.4 is 0 Å². The van der Waals surface area contributed by atoms with Gasteiger partial charge in [-0.15, -0.1) is 0 Å². The van der Waals surface area contributed by atoms with Gasteiger partial charge >= 0.3 is 12.1 Å². The van der Waals surface area contributed by atoms with Crippen LogP contribution in [0.1, 0.15) is 72.6 Å². The van der Waals surface area contributed by atoms with Gasteiger partial charge in [0.05, 0.1) is 0 Å². The van der Waals surface area contributed by atoms with Gasteiger partial charge in [0.2, 0.25) is 0 Å². The fraction of sp³-hybridized carbons (Fsp3) is 0.933. The van der Waals surface area contributed by atoms with Crippen molar-refractivity contribution in [2.75, 3.05) is 0 Å². The van der Waals surface area contributed by atoms with Crippen LogP contribution in [-0.4, -0.2) is 18.2 Å². The van der Waals surface area contributed by atoms with Crippen molar-refractivity contribution in [2.24, 2.45) is 5.41 Å². The van der Waals surface area contributed by atoms with E-state index in [9.17, 15) is 18.0 Å². The van der Waals surface area contributed by atoms with Crippen molar-refractivity contribution >= 4 is 5.97 Å². The van der Waals surface area contributed by atoms with E-state index in [-0.39, 0.29) is 0 Å². The number of halogens is 3. The topological polar surface area (TPSA) is 26.3 Å². The van der Waals surface area contributed by atoms with Crippen LogP contribution in [0.4, 0.5) is 13.2 Å². The summed E-state index contributed by atoms with van der Waals surface area (Å²) in [5, 5.41) is 0. The van der Waals surface area contributed by atoms with E-state index in [0.717, 1.165) is 32.1 Å². The van der Waals surface area contributed by atoms with Gasteiger partial charge in [-0.2, -0.15) is 13.2 Å². The summed E-state index contributed by atoms with van der Waals surface area (Å²) in [7, 11) is 0. The van der Waals surface area contributed by atoms with Gasteiger partial charge in [0, 0.05) is 0 Å². The molecule has 0 saturated carbocycles. The van der Waals surface area contributed by atoms with Crippen molar-refractivity contribution in [1.29, 1.82) is 0 Å². The second-order valence-corrected chi connectivity index (χ2v) is 6.31. The lowest BCUT2D eigenvalue weighted by Gasteiger charge is -2.30. The molecule has 0 aliphatic heterocycles. The second-order valence-electron chi connectivity index (χ2n) is 6.31. The number of alkyl halides is 3. The van der Waals surface area contributed by atoms with Crippen LogP contribution in [-0.2, 0) is 9.53 Å². The Kier molecular flexibility index (Phi) is 8.21. The van der Waals surface area contributed by atoms with Crippen LogP contribution in [0, 0.1) is 5.41 Å². The Morgan fingerprint density at radius 1 is 1.00 bits per heavy atom. The van der Waals surface area contributed by atoms with E-state index >= 15 is 0 Å². The Labute approximate surface area is 120 Å². The van der Waals surface area contributed by atoms with Gasteiger partial charge in [0.1, 0.15) is 6.10 Å². The number of carbonyl (C=O) groups is 1. The Bertz CT molecular complexity index is 280. The van der Waals surface area contributed by atoms with Crippen LogP contribution in [0.3, 0.4) is 0 Å². The van der Waals surface area contributed by atoms with E-state index in [2.05, 4.69) is 11.7 Å². The number of carbonyl (C=O) groups excluding carboxylic acids is 1. The molecule has 0 aliphatic carbocycles. The molecule has 120 valence electrons. The highest BCUT2D eigenvalue weighted by Crippen LogP contribution is 2.29. The van der Waals surface area contributed by atoms with Gasteiger partial charge < -0.3 is 4.74 Å². The number of hydrogen-bond donors (Lipinski definition) is 0. The summed E-state index contributed by atoms with van der Waals surface area (Å²) in [6.45, 7) is 7.50. The Balaban J connectivity index is 4.22. The van der Waals surface area contributed by atoms with E-state index in [0.29, 0.717) is 6.42 Å². The van der Waals surface area contributed by atoms with Gasteiger partial charge in [0.25, 0.3) is 0 Å². The predicted octanol–water partition coefficient (Wildman–Crippen LogP) is 5.26. The average molecular weight is 296 g/mol. The molecule has 0 aromatic rings. The second kappa shape index (κ2) is 8.53. The number of unbranched alkanes of at least 4 members (excludes halogenated alkanes) is 5. The number of hydrogen-bond acceptors (Lipinski definition) is 2. The fourth-order valence-corrected chi connectivity index (χ4v) is 1.97. The molecule has 0 fully saturated rings. The van der Waals surface area contributed by atoms with Gasteiger partial charge in [0.15, 0.2) is 0 Å². The third kappa shape index (κ3) is 8.43. The molecule has 20 heavy (non-hydrogen) atoms. The summed E-state index contributed by atoms with van der Waals surface area (Å²) < 4.78 is 41.4. The zero-order valence-electron chi connectivity index (χ0n) is 13.0. The zero-order valence-corrected chi connectivity index (χ0v) is 13.0. The first kappa shape index (κ1) is 19.3. The molecule has 0 rings (SSSR count). The van der Waals surface area contributed by atoms with Crippen molar-refractivity contribution in [2.45, 2.75) is 84.9 Å². The molecule has 1 atom stereocenters. The molecule has 0 spiro atoms. The highest BCUT2D eigenvalue weighted by Gasteiger charge is 2.43. The maximum absolute atomic E-state index is 12.3. The van der Waals surface area contributed by atoms with Gasteiger partial charge in [-0.25, -0.2) is 4.79 Å². The van der Waals surface area contributed by atoms with Crippen molar-refractivity contribution in [1.82, 2.24) is 0 Å². The van der Waals surface area contributed by atoms with Crippen LogP contribution in [0.2, 0.25) is 0 Å². The molecule has 5 heteroatoms. The minimum absolute atomic E-state index is 0.482. The summed E-state index contributed by atoms with van der Waals surface area (Å²) in [5.74, 6) is -2.08. The average Bonchev–Trinajstić information content (AvgIpc) is 2.29. The van der Waals surface area contributed by atoms with E-state index in [1.165, 1.54) is 6.42 Å². The molecule has 2 nitrogen and oxygen atoms in total. The molecule has 0 aromatic carbocycles. The lowest BCUT2D eigenvalue weighted by Crippen LogP contribution is -2.36. The van der Waals surface area contributed by atoms with E-state index in [4.69, 9.17) is 0 Å². The smallest absolute Gasteiger partial charge is 0.455 e. The van der Waals surface area contributed by atoms with Gasteiger partial charge in [-0.3, -0.25) is 0 Å². The largest absolute Gasteiger partial charge is 0.490 e. The molecule has 0 aromatic heterocycles. The highest BCUT2D eigenvalue weighted by atomic mass is 19.4. The van der Waals surface area contributed by atoms with Crippen molar-refractivity contribution in [3.8, 4) is 0 Å². The minimum atomic E-state index is -4.91. The number of rotatable bonds is 8. The lowest BCUT2D eigenvalue weighted by atomic mass is 9.85. The summed E-state index contributed by atoms with van der Waals surface area (Å²) in [6, 6.07) is 0. The van der Waals surface area contributed by atoms with Crippen LogP contribution in [0.25, 0.3) is 0 Å².